The van der Waals surface area contributed by atoms with Gasteiger partial charge in [0, 0.05) is 25.4 Å². The molecule has 2 aromatic rings. The molecular formula is C16H23N3O. The van der Waals surface area contributed by atoms with Crippen molar-refractivity contribution >= 4 is 5.69 Å². The molecule has 4 heteroatoms. The van der Waals surface area contributed by atoms with E-state index < -0.39 is 0 Å². The maximum atomic E-state index is 5.62. The maximum absolute atomic E-state index is 5.62. The van der Waals surface area contributed by atoms with Gasteiger partial charge in [-0.1, -0.05) is 26.0 Å². The highest BCUT2D eigenvalue weighted by Gasteiger charge is 2.11. The summed E-state index contributed by atoms with van der Waals surface area (Å²) in [5.41, 5.74) is 3.40. The number of aromatic nitrogens is 2. The Morgan fingerprint density at radius 3 is 2.75 bits per heavy atom. The summed E-state index contributed by atoms with van der Waals surface area (Å²) in [5.74, 6) is 1.32. The molecule has 0 saturated carbocycles. The van der Waals surface area contributed by atoms with E-state index in [4.69, 9.17) is 4.74 Å². The van der Waals surface area contributed by atoms with Crippen LogP contribution in [0.1, 0.15) is 37.9 Å². The van der Waals surface area contributed by atoms with E-state index in [1.165, 1.54) is 5.56 Å². The zero-order valence-electron chi connectivity index (χ0n) is 12.7. The number of benzene rings is 1. The molecule has 4 nitrogen and oxygen atoms in total. The fourth-order valence-corrected chi connectivity index (χ4v) is 2.26. The molecule has 20 heavy (non-hydrogen) atoms. The molecule has 0 saturated heterocycles. The summed E-state index contributed by atoms with van der Waals surface area (Å²) >= 11 is 0. The molecule has 0 bridgehead atoms. The standard InChI is InChI=1S/C16H23N3O/c1-5-20-15-9-7-6-8-14(15)17-10-13-11-19(4)18-16(13)12(2)3/h6-9,11-12,17H,5,10H2,1-4H3. The number of nitrogens with one attached hydrogen (secondary N) is 1. The Bertz CT molecular complexity index is 561. The lowest BCUT2D eigenvalue weighted by molar-refractivity contribution is 0.341. The van der Waals surface area contributed by atoms with Crippen molar-refractivity contribution in [2.75, 3.05) is 11.9 Å². The SMILES string of the molecule is CCOc1ccccc1NCc1cn(C)nc1C(C)C. The Hall–Kier alpha value is -1.97. The largest absolute Gasteiger partial charge is 0.492 e. The Balaban J connectivity index is 2.13. The number of anilines is 1. The third-order valence-electron chi connectivity index (χ3n) is 3.14. The van der Waals surface area contributed by atoms with Crippen molar-refractivity contribution in [3.63, 3.8) is 0 Å². The molecule has 0 aliphatic heterocycles. The van der Waals surface area contributed by atoms with Gasteiger partial charge in [0.05, 0.1) is 18.0 Å². The van der Waals surface area contributed by atoms with Crippen LogP contribution in [0.15, 0.2) is 30.5 Å². The molecule has 0 unspecified atom stereocenters. The number of aryl methyl sites for hydroxylation is 1. The minimum Gasteiger partial charge on any atom is -0.492 e. The van der Waals surface area contributed by atoms with Crippen molar-refractivity contribution in [3.8, 4) is 5.75 Å². The first-order valence-electron chi connectivity index (χ1n) is 7.10. The second-order valence-corrected chi connectivity index (χ2v) is 5.15. The first-order valence-corrected chi connectivity index (χ1v) is 7.10. The van der Waals surface area contributed by atoms with Crippen LogP contribution in [0.2, 0.25) is 0 Å². The first kappa shape index (κ1) is 14.4. The van der Waals surface area contributed by atoms with Gasteiger partial charge >= 0.3 is 0 Å². The van der Waals surface area contributed by atoms with Gasteiger partial charge < -0.3 is 10.1 Å². The molecule has 1 aromatic carbocycles. The van der Waals surface area contributed by atoms with E-state index in [-0.39, 0.29) is 0 Å². The topological polar surface area (TPSA) is 39.1 Å². The van der Waals surface area contributed by atoms with Crippen LogP contribution in [0.4, 0.5) is 5.69 Å². The molecule has 2 rings (SSSR count). The predicted octanol–water partition coefficient (Wildman–Crippen LogP) is 3.55. The van der Waals surface area contributed by atoms with Crippen LogP contribution < -0.4 is 10.1 Å². The Morgan fingerprint density at radius 2 is 2.05 bits per heavy atom. The van der Waals surface area contributed by atoms with Crippen LogP contribution in [0.5, 0.6) is 5.75 Å². The third-order valence-corrected chi connectivity index (χ3v) is 3.14. The van der Waals surface area contributed by atoms with Gasteiger partial charge in [-0.25, -0.2) is 0 Å². The van der Waals surface area contributed by atoms with Crippen LogP contribution in [0, 0.1) is 0 Å². The van der Waals surface area contributed by atoms with Gasteiger partial charge in [0.15, 0.2) is 0 Å². The third kappa shape index (κ3) is 3.32. The summed E-state index contributed by atoms with van der Waals surface area (Å²) in [6, 6.07) is 8.02. The summed E-state index contributed by atoms with van der Waals surface area (Å²) in [4.78, 5) is 0. The van der Waals surface area contributed by atoms with Crippen molar-refractivity contribution in [2.24, 2.45) is 7.05 Å². The van der Waals surface area contributed by atoms with Gasteiger partial charge in [0.25, 0.3) is 0 Å². The normalized spacial score (nSPS) is 10.8. The lowest BCUT2D eigenvalue weighted by Crippen LogP contribution is -2.04. The lowest BCUT2D eigenvalue weighted by Gasteiger charge is -2.12. The van der Waals surface area contributed by atoms with E-state index in [0.29, 0.717) is 12.5 Å². The number of hydrogen-bond donors (Lipinski definition) is 1. The van der Waals surface area contributed by atoms with Gasteiger partial charge in [-0.3, -0.25) is 4.68 Å². The van der Waals surface area contributed by atoms with Gasteiger partial charge in [0.1, 0.15) is 5.75 Å². The van der Waals surface area contributed by atoms with E-state index in [0.717, 1.165) is 23.7 Å². The zero-order chi connectivity index (χ0) is 14.5. The molecule has 0 aliphatic rings. The average molecular weight is 273 g/mol. The summed E-state index contributed by atoms with van der Waals surface area (Å²) in [7, 11) is 1.96. The molecule has 0 amide bonds. The van der Waals surface area contributed by atoms with E-state index in [9.17, 15) is 0 Å². The monoisotopic (exact) mass is 273 g/mol. The molecule has 0 aliphatic carbocycles. The fourth-order valence-electron chi connectivity index (χ4n) is 2.26. The van der Waals surface area contributed by atoms with E-state index in [1.54, 1.807) is 0 Å². The number of rotatable bonds is 6. The van der Waals surface area contributed by atoms with Crippen LogP contribution in [-0.2, 0) is 13.6 Å². The van der Waals surface area contributed by atoms with E-state index in [2.05, 4.69) is 30.5 Å². The van der Waals surface area contributed by atoms with Gasteiger partial charge in [-0.2, -0.15) is 5.10 Å². The van der Waals surface area contributed by atoms with Crippen LogP contribution >= 0.6 is 0 Å². The molecule has 0 radical (unpaired) electrons. The molecule has 0 fully saturated rings. The molecule has 1 heterocycles. The summed E-state index contributed by atoms with van der Waals surface area (Å²) in [6.45, 7) is 7.75. The molecule has 1 aromatic heterocycles. The Kier molecular flexibility index (Phi) is 4.66. The van der Waals surface area contributed by atoms with Gasteiger partial charge in [0.2, 0.25) is 0 Å². The number of hydrogen-bond acceptors (Lipinski definition) is 3. The van der Waals surface area contributed by atoms with Crippen molar-refractivity contribution < 1.29 is 4.74 Å². The zero-order valence-corrected chi connectivity index (χ0v) is 12.7. The Labute approximate surface area is 120 Å². The number of para-hydroxylation sites is 2. The lowest BCUT2D eigenvalue weighted by atomic mass is 10.1. The van der Waals surface area contributed by atoms with E-state index in [1.807, 2.05) is 42.9 Å². The van der Waals surface area contributed by atoms with E-state index >= 15 is 0 Å². The van der Waals surface area contributed by atoms with Crippen molar-refractivity contribution in [1.82, 2.24) is 9.78 Å². The smallest absolute Gasteiger partial charge is 0.142 e. The summed E-state index contributed by atoms with van der Waals surface area (Å²) in [6.07, 6.45) is 2.08. The van der Waals surface area contributed by atoms with Crippen LogP contribution in [0.25, 0.3) is 0 Å². The minimum atomic E-state index is 0.426. The molecule has 0 spiro atoms. The average Bonchev–Trinajstić information content (AvgIpc) is 2.79. The maximum Gasteiger partial charge on any atom is 0.142 e. The quantitative estimate of drug-likeness (QED) is 0.874. The second kappa shape index (κ2) is 6.46. The molecule has 108 valence electrons. The summed E-state index contributed by atoms with van der Waals surface area (Å²) < 4.78 is 7.50. The van der Waals surface area contributed by atoms with Gasteiger partial charge in [-0.05, 0) is 25.0 Å². The number of nitrogens with zero attached hydrogens (tertiary/aromatic N) is 2. The van der Waals surface area contributed by atoms with Crippen molar-refractivity contribution in [2.45, 2.75) is 33.2 Å². The molecule has 0 atom stereocenters. The van der Waals surface area contributed by atoms with Crippen LogP contribution in [-0.4, -0.2) is 16.4 Å². The fraction of sp³-hybridized carbons (Fsp3) is 0.438. The van der Waals surface area contributed by atoms with Crippen molar-refractivity contribution in [3.05, 3.63) is 41.7 Å². The van der Waals surface area contributed by atoms with Crippen LogP contribution in [0.3, 0.4) is 0 Å². The second-order valence-electron chi connectivity index (χ2n) is 5.15. The molecule has 1 N–H and O–H groups in total. The highest BCUT2D eigenvalue weighted by atomic mass is 16.5. The highest BCUT2D eigenvalue weighted by Crippen LogP contribution is 2.25. The molecular weight excluding hydrogens is 250 g/mol. The van der Waals surface area contributed by atoms with Crippen molar-refractivity contribution in [1.29, 1.82) is 0 Å². The highest BCUT2D eigenvalue weighted by molar-refractivity contribution is 5.56. The summed E-state index contributed by atoms with van der Waals surface area (Å²) in [5, 5.41) is 7.97. The van der Waals surface area contributed by atoms with Gasteiger partial charge in [-0.15, -0.1) is 0 Å². The Morgan fingerprint density at radius 1 is 1.30 bits per heavy atom. The number of ether oxygens (including phenoxy) is 1. The minimum absolute atomic E-state index is 0.426. The predicted molar refractivity (Wildman–Crippen MR) is 82.2 cm³/mol. The first-order chi connectivity index (χ1) is 9.61.